The lowest BCUT2D eigenvalue weighted by Gasteiger charge is -2.36. The average Bonchev–Trinajstić information content (AvgIpc) is 2.17. The van der Waals surface area contributed by atoms with Crippen molar-refractivity contribution in [2.75, 3.05) is 33.7 Å². The molecule has 2 unspecified atom stereocenters. The van der Waals surface area contributed by atoms with E-state index in [4.69, 9.17) is 11.5 Å². The Morgan fingerprint density at radius 2 is 2.33 bits per heavy atom. The number of nitrogens with zero attached hydrogens (tertiary/aromatic N) is 2. The summed E-state index contributed by atoms with van der Waals surface area (Å²) in [6.07, 6.45) is 2.38. The minimum Gasteiger partial charge on any atom is -0.368 e. The average molecular weight is 214 g/mol. The minimum atomic E-state index is -0.553. The number of primary amides is 1. The molecule has 1 amide bonds. The Morgan fingerprint density at radius 1 is 1.67 bits per heavy atom. The van der Waals surface area contributed by atoms with E-state index in [1.165, 1.54) is 12.8 Å². The van der Waals surface area contributed by atoms with Crippen LogP contribution in [0.25, 0.3) is 0 Å². The van der Waals surface area contributed by atoms with Crippen molar-refractivity contribution in [2.45, 2.75) is 24.9 Å². The molecule has 2 atom stereocenters. The number of nitrogens with two attached hydrogens (primary N) is 2. The van der Waals surface area contributed by atoms with Gasteiger partial charge in [-0.05, 0) is 33.5 Å². The van der Waals surface area contributed by atoms with Crippen molar-refractivity contribution < 1.29 is 4.79 Å². The van der Waals surface area contributed by atoms with E-state index in [0.29, 0.717) is 12.6 Å². The lowest BCUT2D eigenvalue weighted by atomic mass is 10.0. The fourth-order valence-electron chi connectivity index (χ4n) is 2.05. The van der Waals surface area contributed by atoms with Crippen molar-refractivity contribution in [2.24, 2.45) is 11.5 Å². The zero-order valence-electron chi connectivity index (χ0n) is 9.65. The number of likely N-dealkylation sites (N-methyl/N-ethyl adjacent to an activating group) is 2. The topological polar surface area (TPSA) is 75.6 Å². The summed E-state index contributed by atoms with van der Waals surface area (Å²) in [5.74, 6) is -0.425. The zero-order valence-corrected chi connectivity index (χ0v) is 9.65. The molecule has 0 saturated carbocycles. The van der Waals surface area contributed by atoms with Gasteiger partial charge in [0, 0.05) is 19.1 Å². The largest absolute Gasteiger partial charge is 0.368 e. The van der Waals surface area contributed by atoms with Gasteiger partial charge in [0.15, 0.2) is 0 Å². The summed E-state index contributed by atoms with van der Waals surface area (Å²) < 4.78 is 0. The van der Waals surface area contributed by atoms with E-state index in [0.717, 1.165) is 13.1 Å². The summed E-state index contributed by atoms with van der Waals surface area (Å²) in [5.41, 5.74) is 10.8. The second-order valence-corrected chi connectivity index (χ2v) is 4.51. The molecule has 1 saturated heterocycles. The van der Waals surface area contributed by atoms with Gasteiger partial charge in [0.05, 0.1) is 6.04 Å². The Bertz CT molecular complexity index is 221. The Labute approximate surface area is 91.4 Å². The number of hydrogen-bond acceptors (Lipinski definition) is 4. The van der Waals surface area contributed by atoms with Crippen LogP contribution < -0.4 is 11.5 Å². The van der Waals surface area contributed by atoms with Crippen LogP contribution in [0.15, 0.2) is 0 Å². The highest BCUT2D eigenvalue weighted by molar-refractivity contribution is 5.79. The van der Waals surface area contributed by atoms with Gasteiger partial charge >= 0.3 is 0 Å². The molecule has 1 fully saturated rings. The molecule has 5 heteroatoms. The van der Waals surface area contributed by atoms with Crippen LogP contribution in [0.1, 0.15) is 12.8 Å². The smallest absolute Gasteiger partial charge is 0.235 e. The molecule has 0 radical (unpaired) electrons. The molecule has 0 aromatic carbocycles. The molecule has 4 N–H and O–H groups in total. The van der Waals surface area contributed by atoms with Crippen molar-refractivity contribution in [1.82, 2.24) is 9.80 Å². The van der Waals surface area contributed by atoms with Gasteiger partial charge in [-0.2, -0.15) is 0 Å². The highest BCUT2D eigenvalue weighted by Crippen LogP contribution is 2.13. The first kappa shape index (κ1) is 12.4. The van der Waals surface area contributed by atoms with Gasteiger partial charge in [0.2, 0.25) is 5.91 Å². The molecule has 0 aliphatic carbocycles. The maximum absolute atomic E-state index is 10.8. The summed E-state index contributed by atoms with van der Waals surface area (Å²) in [4.78, 5) is 15.3. The van der Waals surface area contributed by atoms with E-state index in [9.17, 15) is 4.79 Å². The Balaban J connectivity index is 2.38. The van der Waals surface area contributed by atoms with Gasteiger partial charge < -0.3 is 21.3 Å². The summed E-state index contributed by atoms with van der Waals surface area (Å²) in [5, 5.41) is 0. The van der Waals surface area contributed by atoms with Gasteiger partial charge in [-0.25, -0.2) is 0 Å². The van der Waals surface area contributed by atoms with Crippen LogP contribution in [-0.4, -0.2) is 61.5 Å². The number of hydrogen-bond donors (Lipinski definition) is 2. The van der Waals surface area contributed by atoms with Crippen LogP contribution in [-0.2, 0) is 4.79 Å². The molecule has 1 aliphatic heterocycles. The number of rotatable bonds is 4. The van der Waals surface area contributed by atoms with Crippen molar-refractivity contribution >= 4 is 5.91 Å². The maximum Gasteiger partial charge on any atom is 0.235 e. The second-order valence-electron chi connectivity index (χ2n) is 4.51. The number of carbonyl (C=O) groups excluding carboxylic acids is 1. The molecule has 0 aromatic rings. The molecule has 1 aliphatic rings. The summed E-state index contributed by atoms with van der Waals surface area (Å²) in [6.45, 7) is 2.75. The van der Waals surface area contributed by atoms with Crippen molar-refractivity contribution in [3.63, 3.8) is 0 Å². The molecule has 1 heterocycles. The van der Waals surface area contributed by atoms with E-state index >= 15 is 0 Å². The number of likely N-dealkylation sites (tertiary alicyclic amines) is 1. The SMILES string of the molecule is CN1CCCC(N(C)CC(N)C(N)=O)C1. The van der Waals surface area contributed by atoms with Crippen molar-refractivity contribution in [3.05, 3.63) is 0 Å². The highest BCUT2D eigenvalue weighted by atomic mass is 16.1. The van der Waals surface area contributed by atoms with E-state index in [-0.39, 0.29) is 0 Å². The lowest BCUT2D eigenvalue weighted by molar-refractivity contribution is -0.119. The predicted octanol–water partition coefficient (Wildman–Crippen LogP) is -1.17. The zero-order chi connectivity index (χ0) is 11.4. The standard InChI is InChI=1S/C10H22N4O/c1-13-5-3-4-8(6-13)14(2)7-9(11)10(12)15/h8-9H,3-7,11H2,1-2H3,(H2,12,15). The first-order chi connectivity index (χ1) is 7.00. The Hall–Kier alpha value is -0.650. The number of piperidine rings is 1. The van der Waals surface area contributed by atoms with E-state index < -0.39 is 11.9 Å². The van der Waals surface area contributed by atoms with Gasteiger partial charge in [-0.3, -0.25) is 4.79 Å². The quantitative estimate of drug-likeness (QED) is 0.618. The third-order valence-electron chi connectivity index (χ3n) is 3.07. The predicted molar refractivity (Wildman–Crippen MR) is 60.3 cm³/mol. The van der Waals surface area contributed by atoms with Crippen LogP contribution in [0.5, 0.6) is 0 Å². The highest BCUT2D eigenvalue weighted by Gasteiger charge is 2.23. The summed E-state index contributed by atoms with van der Waals surface area (Å²) >= 11 is 0. The van der Waals surface area contributed by atoms with Gasteiger partial charge in [-0.1, -0.05) is 0 Å². The van der Waals surface area contributed by atoms with Crippen LogP contribution in [0.3, 0.4) is 0 Å². The van der Waals surface area contributed by atoms with E-state index in [1.54, 1.807) is 0 Å². The van der Waals surface area contributed by atoms with Crippen molar-refractivity contribution in [3.8, 4) is 0 Å². The molecular formula is C10H22N4O. The molecule has 5 nitrogen and oxygen atoms in total. The fraction of sp³-hybridized carbons (Fsp3) is 0.900. The Kier molecular flexibility index (Phi) is 4.50. The molecule has 0 bridgehead atoms. The first-order valence-corrected chi connectivity index (χ1v) is 5.44. The van der Waals surface area contributed by atoms with Crippen LogP contribution in [0, 0.1) is 0 Å². The third kappa shape index (κ3) is 3.77. The fourth-order valence-corrected chi connectivity index (χ4v) is 2.05. The van der Waals surface area contributed by atoms with Crippen LogP contribution >= 0.6 is 0 Å². The first-order valence-electron chi connectivity index (χ1n) is 5.44. The van der Waals surface area contributed by atoms with E-state index in [2.05, 4.69) is 16.8 Å². The molecular weight excluding hydrogens is 192 g/mol. The van der Waals surface area contributed by atoms with Gasteiger partial charge in [0.1, 0.15) is 0 Å². The lowest BCUT2D eigenvalue weighted by Crippen LogP contribution is -2.51. The number of amides is 1. The Morgan fingerprint density at radius 3 is 2.87 bits per heavy atom. The number of carbonyl (C=O) groups is 1. The normalized spacial score (nSPS) is 25.5. The minimum absolute atomic E-state index is 0.425. The van der Waals surface area contributed by atoms with Crippen LogP contribution in [0.4, 0.5) is 0 Å². The molecule has 88 valence electrons. The van der Waals surface area contributed by atoms with Crippen LogP contribution in [0.2, 0.25) is 0 Å². The second kappa shape index (κ2) is 5.44. The van der Waals surface area contributed by atoms with Gasteiger partial charge in [0.25, 0.3) is 0 Å². The molecule has 1 rings (SSSR count). The molecule has 15 heavy (non-hydrogen) atoms. The van der Waals surface area contributed by atoms with Gasteiger partial charge in [-0.15, -0.1) is 0 Å². The summed E-state index contributed by atoms with van der Waals surface area (Å²) in [6, 6.07) is -0.0589. The third-order valence-corrected chi connectivity index (χ3v) is 3.07. The van der Waals surface area contributed by atoms with E-state index in [1.807, 2.05) is 7.05 Å². The summed E-state index contributed by atoms with van der Waals surface area (Å²) in [7, 11) is 4.13. The molecule has 0 aromatic heterocycles. The monoisotopic (exact) mass is 214 g/mol. The molecule has 0 spiro atoms. The maximum atomic E-state index is 10.8. The van der Waals surface area contributed by atoms with Crippen molar-refractivity contribution in [1.29, 1.82) is 0 Å².